The van der Waals surface area contributed by atoms with E-state index in [1.165, 1.54) is 5.39 Å². The number of anilines is 1. The maximum atomic E-state index is 6.53. The highest BCUT2D eigenvalue weighted by molar-refractivity contribution is 6.15. The molecular formula is C38H26N4. The van der Waals surface area contributed by atoms with E-state index in [9.17, 15) is 0 Å². The molecular weight excluding hydrogens is 512 g/mol. The normalized spacial score (nSPS) is 11.4. The smallest absolute Gasteiger partial charge is 0.0973 e. The molecule has 0 radical (unpaired) electrons. The molecule has 0 aliphatic rings. The SMILES string of the molecule is Nc1cc(-c2ccc(-c3nc4ccccc4nc3-c3ccccc3)cc2)c2c(c1)c1ccccc1n2-c1ccccc1. The third-order valence-electron chi connectivity index (χ3n) is 7.89. The Labute approximate surface area is 243 Å². The zero-order chi connectivity index (χ0) is 28.0. The Morgan fingerprint density at radius 2 is 1.02 bits per heavy atom. The molecule has 42 heavy (non-hydrogen) atoms. The molecule has 8 rings (SSSR count). The number of hydrogen-bond acceptors (Lipinski definition) is 3. The van der Waals surface area contributed by atoms with Crippen molar-refractivity contribution in [3.8, 4) is 39.3 Å². The van der Waals surface area contributed by atoms with Gasteiger partial charge in [0.05, 0.1) is 33.5 Å². The monoisotopic (exact) mass is 538 g/mol. The second-order valence-electron chi connectivity index (χ2n) is 10.5. The van der Waals surface area contributed by atoms with Crippen LogP contribution in [0.15, 0.2) is 146 Å². The molecule has 0 bridgehead atoms. The molecule has 0 amide bonds. The Balaban J connectivity index is 1.34. The van der Waals surface area contributed by atoms with Crippen LogP contribution in [0.25, 0.3) is 72.2 Å². The molecule has 0 aliphatic heterocycles. The number of benzene rings is 6. The molecule has 6 aromatic carbocycles. The first-order chi connectivity index (χ1) is 20.7. The Kier molecular flexibility index (Phi) is 5.57. The molecule has 0 saturated heterocycles. The van der Waals surface area contributed by atoms with Crippen molar-refractivity contribution >= 4 is 38.5 Å². The topological polar surface area (TPSA) is 56.7 Å². The average Bonchev–Trinajstić information content (AvgIpc) is 3.39. The Bertz CT molecular complexity index is 2230. The predicted molar refractivity (Wildman–Crippen MR) is 175 cm³/mol. The second kappa shape index (κ2) is 9.72. The van der Waals surface area contributed by atoms with Gasteiger partial charge < -0.3 is 10.3 Å². The molecule has 2 N–H and O–H groups in total. The van der Waals surface area contributed by atoms with Gasteiger partial charge in [0.1, 0.15) is 0 Å². The quantitative estimate of drug-likeness (QED) is 0.227. The molecule has 0 atom stereocenters. The van der Waals surface area contributed by atoms with Gasteiger partial charge in [-0.05, 0) is 48.0 Å². The summed E-state index contributed by atoms with van der Waals surface area (Å²) in [6.07, 6.45) is 0. The van der Waals surface area contributed by atoms with Gasteiger partial charge in [-0.1, -0.05) is 103 Å². The average molecular weight is 539 g/mol. The lowest BCUT2D eigenvalue weighted by Crippen LogP contribution is -1.97. The maximum Gasteiger partial charge on any atom is 0.0973 e. The third-order valence-corrected chi connectivity index (χ3v) is 7.89. The number of para-hydroxylation sites is 4. The number of aromatic nitrogens is 3. The van der Waals surface area contributed by atoms with Crippen LogP contribution in [-0.2, 0) is 0 Å². The van der Waals surface area contributed by atoms with E-state index in [4.69, 9.17) is 15.7 Å². The molecule has 0 aliphatic carbocycles. The minimum atomic E-state index is 0.740. The van der Waals surface area contributed by atoms with Crippen molar-refractivity contribution in [3.63, 3.8) is 0 Å². The van der Waals surface area contributed by atoms with Crippen LogP contribution in [0.5, 0.6) is 0 Å². The standard InChI is InChI=1S/C38H26N4/c39-28-23-31(38-32(24-28)30-15-7-10-18-35(30)42(38)29-13-5-2-6-14-29)25-19-21-27(22-20-25)37-36(26-11-3-1-4-12-26)40-33-16-8-9-17-34(33)41-37/h1-24H,39H2. The summed E-state index contributed by atoms with van der Waals surface area (Å²) < 4.78 is 2.34. The number of fused-ring (bicyclic) bond motifs is 4. The van der Waals surface area contributed by atoms with Crippen molar-refractivity contribution in [1.29, 1.82) is 0 Å². The molecule has 2 heterocycles. The summed E-state index contributed by atoms with van der Waals surface area (Å²) >= 11 is 0. The highest BCUT2D eigenvalue weighted by Gasteiger charge is 2.18. The van der Waals surface area contributed by atoms with Crippen molar-refractivity contribution < 1.29 is 0 Å². The fraction of sp³-hybridized carbons (Fsp3) is 0. The highest BCUT2D eigenvalue weighted by Crippen LogP contribution is 2.40. The van der Waals surface area contributed by atoms with Crippen LogP contribution in [-0.4, -0.2) is 14.5 Å². The number of nitrogens with zero attached hydrogens (tertiary/aromatic N) is 3. The Hall–Kier alpha value is -5.74. The Morgan fingerprint density at radius 3 is 1.71 bits per heavy atom. The van der Waals surface area contributed by atoms with Crippen molar-refractivity contribution in [2.45, 2.75) is 0 Å². The van der Waals surface area contributed by atoms with Gasteiger partial charge in [0.25, 0.3) is 0 Å². The van der Waals surface area contributed by atoms with Gasteiger partial charge in [-0.3, -0.25) is 0 Å². The summed E-state index contributed by atoms with van der Waals surface area (Å²) in [4.78, 5) is 10.1. The number of nitrogen functional groups attached to an aromatic ring is 1. The van der Waals surface area contributed by atoms with E-state index in [-0.39, 0.29) is 0 Å². The summed E-state index contributed by atoms with van der Waals surface area (Å²) in [7, 11) is 0. The first-order valence-electron chi connectivity index (χ1n) is 14.1. The lowest BCUT2D eigenvalue weighted by molar-refractivity contribution is 1.18. The predicted octanol–water partition coefficient (Wildman–Crippen LogP) is 9.31. The van der Waals surface area contributed by atoms with Crippen LogP contribution < -0.4 is 5.73 Å². The van der Waals surface area contributed by atoms with E-state index in [1.807, 2.05) is 48.5 Å². The molecule has 2 aromatic heterocycles. The lowest BCUT2D eigenvalue weighted by Gasteiger charge is -2.14. The number of rotatable bonds is 4. The van der Waals surface area contributed by atoms with Gasteiger partial charge in [-0.25, -0.2) is 9.97 Å². The number of hydrogen-bond donors (Lipinski definition) is 1. The minimum Gasteiger partial charge on any atom is -0.399 e. The molecule has 0 spiro atoms. The molecule has 4 nitrogen and oxygen atoms in total. The summed E-state index contributed by atoms with van der Waals surface area (Å²) in [5, 5.41) is 2.32. The van der Waals surface area contributed by atoms with Gasteiger partial charge in [-0.2, -0.15) is 0 Å². The lowest BCUT2D eigenvalue weighted by atomic mass is 9.97. The van der Waals surface area contributed by atoms with Crippen LogP contribution >= 0.6 is 0 Å². The minimum absolute atomic E-state index is 0.740. The zero-order valence-electron chi connectivity index (χ0n) is 22.8. The first-order valence-corrected chi connectivity index (χ1v) is 14.1. The second-order valence-corrected chi connectivity index (χ2v) is 10.5. The van der Waals surface area contributed by atoms with Gasteiger partial charge in [0.15, 0.2) is 0 Å². The fourth-order valence-corrected chi connectivity index (χ4v) is 5.99. The molecule has 0 unspecified atom stereocenters. The zero-order valence-corrected chi connectivity index (χ0v) is 22.8. The van der Waals surface area contributed by atoms with Crippen LogP contribution in [0.2, 0.25) is 0 Å². The summed E-state index contributed by atoms with van der Waals surface area (Å²) in [6, 6.07) is 50.1. The van der Waals surface area contributed by atoms with Gasteiger partial charge in [-0.15, -0.1) is 0 Å². The van der Waals surface area contributed by atoms with E-state index in [1.54, 1.807) is 0 Å². The first kappa shape index (κ1) is 24.1. The van der Waals surface area contributed by atoms with Crippen molar-refractivity contribution in [1.82, 2.24) is 14.5 Å². The molecule has 0 fully saturated rings. The van der Waals surface area contributed by atoms with E-state index < -0.39 is 0 Å². The molecule has 8 aromatic rings. The van der Waals surface area contributed by atoms with Crippen molar-refractivity contribution in [2.75, 3.05) is 5.73 Å². The van der Waals surface area contributed by atoms with Gasteiger partial charge in [0.2, 0.25) is 0 Å². The summed E-state index contributed by atoms with van der Waals surface area (Å²) in [6.45, 7) is 0. The maximum absolute atomic E-state index is 6.53. The third kappa shape index (κ3) is 3.93. The van der Waals surface area contributed by atoms with E-state index in [0.29, 0.717) is 0 Å². The molecule has 0 saturated carbocycles. The van der Waals surface area contributed by atoms with Gasteiger partial charge >= 0.3 is 0 Å². The highest BCUT2D eigenvalue weighted by atomic mass is 15.0. The number of nitrogens with two attached hydrogens (primary N) is 1. The van der Waals surface area contributed by atoms with Crippen LogP contribution in [0.1, 0.15) is 0 Å². The largest absolute Gasteiger partial charge is 0.399 e. The van der Waals surface area contributed by atoms with Crippen LogP contribution in [0, 0.1) is 0 Å². The van der Waals surface area contributed by atoms with Crippen LogP contribution in [0.3, 0.4) is 0 Å². The summed E-state index contributed by atoms with van der Waals surface area (Å²) in [5.41, 5.74) is 18.4. The fourth-order valence-electron chi connectivity index (χ4n) is 5.99. The van der Waals surface area contributed by atoms with Crippen LogP contribution in [0.4, 0.5) is 5.69 Å². The van der Waals surface area contributed by atoms with Crippen molar-refractivity contribution in [3.05, 3.63) is 146 Å². The molecule has 198 valence electrons. The van der Waals surface area contributed by atoms with E-state index >= 15 is 0 Å². The Morgan fingerprint density at radius 1 is 0.476 bits per heavy atom. The van der Waals surface area contributed by atoms with Gasteiger partial charge in [0, 0.05) is 38.8 Å². The molecule has 4 heteroatoms. The van der Waals surface area contributed by atoms with E-state index in [2.05, 4.69) is 102 Å². The summed E-state index contributed by atoms with van der Waals surface area (Å²) in [5.74, 6) is 0. The van der Waals surface area contributed by atoms with Crippen molar-refractivity contribution in [2.24, 2.45) is 0 Å². The van der Waals surface area contributed by atoms with E-state index in [0.717, 1.165) is 72.5 Å².